The molecule has 0 aromatic rings. The van der Waals surface area contributed by atoms with Crippen molar-refractivity contribution >= 4 is 5.97 Å². The highest BCUT2D eigenvalue weighted by Crippen LogP contribution is 2.69. The molecule has 4 bridgehead atoms. The number of esters is 1. The van der Waals surface area contributed by atoms with Crippen LogP contribution in [0.2, 0.25) is 0 Å². The molecule has 0 radical (unpaired) electrons. The number of fused-ring (bicyclic) bond motifs is 9. The molecule has 2 heteroatoms. The second-order valence-corrected chi connectivity index (χ2v) is 7.20. The van der Waals surface area contributed by atoms with Gasteiger partial charge in [0.15, 0.2) is 0 Å². The first-order chi connectivity index (χ1) is 9.20. The Labute approximate surface area is 115 Å². The lowest BCUT2D eigenvalue weighted by Crippen LogP contribution is -2.39. The summed E-state index contributed by atoms with van der Waals surface area (Å²) in [4.78, 5) is 11.1. The van der Waals surface area contributed by atoms with E-state index in [4.69, 9.17) is 4.74 Å². The minimum absolute atomic E-state index is 0.109. The predicted octanol–water partition coefficient (Wildman–Crippen LogP) is 3.28. The Morgan fingerprint density at radius 1 is 1.11 bits per heavy atom. The van der Waals surface area contributed by atoms with Crippen molar-refractivity contribution in [1.29, 1.82) is 0 Å². The van der Waals surface area contributed by atoms with Crippen LogP contribution in [0, 0.1) is 47.3 Å². The topological polar surface area (TPSA) is 26.3 Å². The summed E-state index contributed by atoms with van der Waals surface area (Å²) in [6.45, 7) is 4.54. The standard InChI is InChI=1S/C17H24O2/c1-3-12-13-7-14(15(12)8-19-9(2)18)17-11-5-4-10(6-11)16(13)17/h4-5,10-17H,3,6-8H2,1-2H3. The van der Waals surface area contributed by atoms with Gasteiger partial charge in [0.25, 0.3) is 0 Å². The van der Waals surface area contributed by atoms with Crippen LogP contribution in [0.15, 0.2) is 12.2 Å². The highest BCUT2D eigenvalue weighted by molar-refractivity contribution is 5.65. The average molecular weight is 260 g/mol. The lowest BCUT2D eigenvalue weighted by molar-refractivity contribution is -0.144. The number of hydrogen-bond donors (Lipinski definition) is 0. The minimum atomic E-state index is -0.109. The Morgan fingerprint density at radius 3 is 2.32 bits per heavy atom. The summed E-state index contributed by atoms with van der Waals surface area (Å²) in [6, 6.07) is 0. The molecule has 0 amide bonds. The molecule has 4 aliphatic rings. The van der Waals surface area contributed by atoms with Crippen LogP contribution in [-0.2, 0) is 9.53 Å². The van der Waals surface area contributed by atoms with Crippen LogP contribution < -0.4 is 0 Å². The SMILES string of the molecule is CCC1C(COC(C)=O)C2CC1C1C3C=CC(C3)C21. The fourth-order valence-electron chi connectivity index (χ4n) is 6.35. The molecule has 0 aromatic heterocycles. The Bertz CT molecular complexity index is 427. The van der Waals surface area contributed by atoms with Crippen LogP contribution in [-0.4, -0.2) is 12.6 Å². The first-order valence-electron chi connectivity index (χ1n) is 8.02. The number of ether oxygens (including phenoxy) is 1. The van der Waals surface area contributed by atoms with Gasteiger partial charge in [-0.25, -0.2) is 0 Å². The van der Waals surface area contributed by atoms with Crippen molar-refractivity contribution in [3.63, 3.8) is 0 Å². The van der Waals surface area contributed by atoms with E-state index < -0.39 is 0 Å². The lowest BCUT2D eigenvalue weighted by Gasteiger charge is -2.41. The summed E-state index contributed by atoms with van der Waals surface area (Å²) in [6.07, 6.45) is 9.07. The molecule has 0 spiro atoms. The first-order valence-corrected chi connectivity index (χ1v) is 8.02. The second kappa shape index (κ2) is 4.10. The smallest absolute Gasteiger partial charge is 0.302 e. The van der Waals surface area contributed by atoms with Gasteiger partial charge in [0.05, 0.1) is 6.61 Å². The van der Waals surface area contributed by atoms with E-state index in [0.29, 0.717) is 12.5 Å². The van der Waals surface area contributed by atoms with Gasteiger partial charge in [-0.1, -0.05) is 25.5 Å². The number of rotatable bonds is 3. The van der Waals surface area contributed by atoms with Crippen LogP contribution in [0.5, 0.6) is 0 Å². The molecule has 0 N–H and O–H groups in total. The molecule has 3 fully saturated rings. The van der Waals surface area contributed by atoms with Gasteiger partial charge in [-0.05, 0) is 60.2 Å². The van der Waals surface area contributed by atoms with E-state index in [1.165, 1.54) is 26.2 Å². The summed E-state index contributed by atoms with van der Waals surface area (Å²) >= 11 is 0. The summed E-state index contributed by atoms with van der Waals surface area (Å²) in [7, 11) is 0. The third-order valence-electron chi connectivity index (χ3n) is 6.72. The zero-order valence-electron chi connectivity index (χ0n) is 11.9. The molecule has 8 atom stereocenters. The molecule has 104 valence electrons. The molecule has 0 aliphatic heterocycles. The molecule has 19 heavy (non-hydrogen) atoms. The summed E-state index contributed by atoms with van der Waals surface area (Å²) in [5.41, 5.74) is 0. The maximum Gasteiger partial charge on any atom is 0.302 e. The third-order valence-corrected chi connectivity index (χ3v) is 6.72. The quantitative estimate of drug-likeness (QED) is 0.442. The zero-order chi connectivity index (χ0) is 13.1. The van der Waals surface area contributed by atoms with Crippen molar-refractivity contribution in [1.82, 2.24) is 0 Å². The van der Waals surface area contributed by atoms with E-state index in [1.807, 2.05) is 0 Å². The number of carbonyl (C=O) groups excluding carboxylic acids is 1. The summed E-state index contributed by atoms with van der Waals surface area (Å²) < 4.78 is 5.38. The van der Waals surface area contributed by atoms with Crippen molar-refractivity contribution in [2.75, 3.05) is 6.61 Å². The number of carbonyl (C=O) groups is 1. The number of hydrogen-bond acceptors (Lipinski definition) is 2. The van der Waals surface area contributed by atoms with Gasteiger partial charge in [-0.15, -0.1) is 0 Å². The Balaban J connectivity index is 1.58. The molecular formula is C17H24O2. The van der Waals surface area contributed by atoms with Gasteiger partial charge in [-0.3, -0.25) is 4.79 Å². The van der Waals surface area contributed by atoms with E-state index in [1.54, 1.807) is 0 Å². The van der Waals surface area contributed by atoms with Crippen LogP contribution in [0.1, 0.15) is 33.1 Å². The maximum atomic E-state index is 11.1. The average Bonchev–Trinajstić information content (AvgIpc) is 3.11. The highest BCUT2D eigenvalue weighted by Gasteiger charge is 2.63. The largest absolute Gasteiger partial charge is 0.466 e. The maximum absolute atomic E-state index is 11.1. The van der Waals surface area contributed by atoms with Crippen molar-refractivity contribution in [2.45, 2.75) is 33.1 Å². The predicted molar refractivity (Wildman–Crippen MR) is 73.2 cm³/mol. The molecule has 4 rings (SSSR count). The Kier molecular flexibility index (Phi) is 2.59. The van der Waals surface area contributed by atoms with Crippen LogP contribution >= 0.6 is 0 Å². The fraction of sp³-hybridized carbons (Fsp3) is 0.824. The molecule has 0 aromatic carbocycles. The van der Waals surface area contributed by atoms with Crippen LogP contribution in [0.25, 0.3) is 0 Å². The lowest BCUT2D eigenvalue weighted by atomic mass is 9.64. The van der Waals surface area contributed by atoms with Crippen molar-refractivity contribution in [3.05, 3.63) is 12.2 Å². The van der Waals surface area contributed by atoms with E-state index in [2.05, 4.69) is 19.1 Å². The molecular weight excluding hydrogens is 236 g/mol. The van der Waals surface area contributed by atoms with Crippen LogP contribution in [0.3, 0.4) is 0 Å². The number of allylic oxidation sites excluding steroid dienone is 2. The Morgan fingerprint density at radius 2 is 1.74 bits per heavy atom. The van der Waals surface area contributed by atoms with Gasteiger partial charge < -0.3 is 4.74 Å². The molecule has 0 saturated heterocycles. The zero-order valence-corrected chi connectivity index (χ0v) is 11.9. The molecule has 8 unspecified atom stereocenters. The summed E-state index contributed by atoms with van der Waals surface area (Å²) in [5, 5.41) is 0. The van der Waals surface area contributed by atoms with E-state index in [9.17, 15) is 4.79 Å². The normalized spacial score (nSPS) is 52.7. The molecule has 2 nitrogen and oxygen atoms in total. The van der Waals surface area contributed by atoms with E-state index in [0.717, 1.165) is 41.4 Å². The summed E-state index contributed by atoms with van der Waals surface area (Å²) in [5.74, 6) is 6.71. The van der Waals surface area contributed by atoms with Crippen LogP contribution in [0.4, 0.5) is 0 Å². The van der Waals surface area contributed by atoms with Gasteiger partial charge in [0, 0.05) is 6.92 Å². The van der Waals surface area contributed by atoms with Crippen molar-refractivity contribution in [2.24, 2.45) is 47.3 Å². The minimum Gasteiger partial charge on any atom is -0.466 e. The molecule has 4 aliphatic carbocycles. The molecule has 3 saturated carbocycles. The second-order valence-electron chi connectivity index (χ2n) is 7.20. The monoisotopic (exact) mass is 260 g/mol. The van der Waals surface area contributed by atoms with Gasteiger partial charge in [-0.2, -0.15) is 0 Å². The van der Waals surface area contributed by atoms with Crippen molar-refractivity contribution < 1.29 is 9.53 Å². The Hall–Kier alpha value is -0.790. The van der Waals surface area contributed by atoms with E-state index >= 15 is 0 Å². The van der Waals surface area contributed by atoms with Crippen molar-refractivity contribution in [3.8, 4) is 0 Å². The fourth-order valence-corrected chi connectivity index (χ4v) is 6.35. The molecule has 0 heterocycles. The highest BCUT2D eigenvalue weighted by atomic mass is 16.5. The van der Waals surface area contributed by atoms with Gasteiger partial charge in [0.2, 0.25) is 0 Å². The van der Waals surface area contributed by atoms with Gasteiger partial charge in [0.1, 0.15) is 0 Å². The first kappa shape index (κ1) is 12.0. The third kappa shape index (κ3) is 1.52. The van der Waals surface area contributed by atoms with E-state index in [-0.39, 0.29) is 5.97 Å². The van der Waals surface area contributed by atoms with Gasteiger partial charge >= 0.3 is 5.97 Å².